The van der Waals surface area contributed by atoms with E-state index in [1.165, 1.54) is 31.5 Å². The molecule has 0 bridgehead atoms. The number of nitrogens with one attached hydrogen (secondary N) is 1. The molecule has 4 heteroatoms. The van der Waals surface area contributed by atoms with Crippen LogP contribution in [0.25, 0.3) is 0 Å². The van der Waals surface area contributed by atoms with Crippen LogP contribution in [0.1, 0.15) is 37.3 Å². The van der Waals surface area contributed by atoms with Crippen LogP contribution in [0.15, 0.2) is 42.5 Å². The van der Waals surface area contributed by atoms with E-state index in [-0.39, 0.29) is 5.82 Å². The van der Waals surface area contributed by atoms with Crippen molar-refractivity contribution in [2.75, 3.05) is 19.7 Å². The standard InChI is InChI=1S/C22H28FN2O/c1-18-6-4-13-25(18)14-5-15-26-22-8-3-2-7-20(22)17-24-16-19-9-11-21(23)12-10-19/h3,7-12,18,24H,4-6,13-17H2,1H3. The summed E-state index contributed by atoms with van der Waals surface area (Å²) in [4.78, 5) is 2.55. The zero-order valence-electron chi connectivity index (χ0n) is 15.5. The lowest BCUT2D eigenvalue weighted by Gasteiger charge is -2.21. The number of benzene rings is 2. The maximum absolute atomic E-state index is 13.0. The highest BCUT2D eigenvalue weighted by Gasteiger charge is 2.19. The molecule has 2 aromatic carbocycles. The maximum Gasteiger partial charge on any atom is 0.123 e. The molecule has 2 aromatic rings. The first-order valence-electron chi connectivity index (χ1n) is 9.53. The molecule has 0 saturated carbocycles. The van der Waals surface area contributed by atoms with Crippen molar-refractivity contribution in [1.82, 2.24) is 10.2 Å². The summed E-state index contributed by atoms with van der Waals surface area (Å²) >= 11 is 0. The largest absolute Gasteiger partial charge is 0.493 e. The van der Waals surface area contributed by atoms with Crippen molar-refractivity contribution in [3.05, 3.63) is 65.5 Å². The Labute approximate surface area is 156 Å². The molecule has 1 aliphatic rings. The highest BCUT2D eigenvalue weighted by atomic mass is 19.1. The molecule has 139 valence electrons. The quantitative estimate of drug-likeness (QED) is 0.683. The van der Waals surface area contributed by atoms with Gasteiger partial charge in [0.1, 0.15) is 11.6 Å². The molecule has 1 heterocycles. The van der Waals surface area contributed by atoms with Gasteiger partial charge in [0.2, 0.25) is 0 Å². The van der Waals surface area contributed by atoms with Crippen molar-refractivity contribution in [2.24, 2.45) is 0 Å². The van der Waals surface area contributed by atoms with E-state index in [1.54, 1.807) is 12.1 Å². The zero-order valence-corrected chi connectivity index (χ0v) is 15.5. The molecule has 0 aromatic heterocycles. The summed E-state index contributed by atoms with van der Waals surface area (Å²) in [6.07, 6.45) is 3.69. The number of rotatable bonds is 9. The molecule has 3 rings (SSSR count). The Hall–Kier alpha value is -1.91. The van der Waals surface area contributed by atoms with Crippen LogP contribution in [-0.2, 0) is 13.1 Å². The molecule has 26 heavy (non-hydrogen) atoms. The van der Waals surface area contributed by atoms with Gasteiger partial charge in [-0.25, -0.2) is 4.39 Å². The van der Waals surface area contributed by atoms with Crippen LogP contribution in [0.3, 0.4) is 0 Å². The molecule has 0 spiro atoms. The van der Waals surface area contributed by atoms with Crippen LogP contribution >= 0.6 is 0 Å². The summed E-state index contributed by atoms with van der Waals surface area (Å²) < 4.78 is 19.0. The molecule has 1 radical (unpaired) electrons. The van der Waals surface area contributed by atoms with E-state index in [4.69, 9.17) is 4.74 Å². The third kappa shape index (κ3) is 5.55. The predicted molar refractivity (Wildman–Crippen MR) is 103 cm³/mol. The van der Waals surface area contributed by atoms with Crippen LogP contribution < -0.4 is 10.1 Å². The number of nitrogens with zero attached hydrogens (tertiary/aromatic N) is 1. The Balaban J connectivity index is 1.42. The number of likely N-dealkylation sites (tertiary alicyclic amines) is 1. The summed E-state index contributed by atoms with van der Waals surface area (Å²) in [5, 5.41) is 3.39. The number of ether oxygens (including phenoxy) is 1. The van der Waals surface area contributed by atoms with Crippen molar-refractivity contribution in [1.29, 1.82) is 0 Å². The van der Waals surface area contributed by atoms with E-state index in [0.717, 1.165) is 36.4 Å². The fourth-order valence-corrected chi connectivity index (χ4v) is 3.45. The summed E-state index contributed by atoms with van der Waals surface area (Å²) in [5.41, 5.74) is 2.16. The van der Waals surface area contributed by atoms with Crippen LogP contribution in [0, 0.1) is 11.9 Å². The molecular formula is C22H28FN2O. The molecule has 1 N–H and O–H groups in total. The van der Waals surface area contributed by atoms with E-state index >= 15 is 0 Å². The monoisotopic (exact) mass is 355 g/mol. The fourth-order valence-electron chi connectivity index (χ4n) is 3.45. The second kappa shape index (κ2) is 9.70. The molecule has 1 aliphatic heterocycles. The SMILES string of the molecule is CC1CCCN1CCCOc1cc[c]cc1CNCc1ccc(F)cc1. The molecule has 1 fully saturated rings. The van der Waals surface area contributed by atoms with E-state index in [0.29, 0.717) is 19.1 Å². The van der Waals surface area contributed by atoms with Crippen LogP contribution in [0.2, 0.25) is 0 Å². The number of halogens is 1. The maximum atomic E-state index is 13.0. The molecule has 1 saturated heterocycles. The molecule has 1 atom stereocenters. The third-order valence-corrected chi connectivity index (χ3v) is 5.00. The van der Waals surface area contributed by atoms with Gasteiger partial charge < -0.3 is 15.0 Å². The summed E-state index contributed by atoms with van der Waals surface area (Å²) in [7, 11) is 0. The van der Waals surface area contributed by atoms with Gasteiger partial charge in [-0.05, 0) is 68.6 Å². The highest BCUT2D eigenvalue weighted by molar-refractivity contribution is 5.32. The Morgan fingerprint density at radius 1 is 1.23 bits per heavy atom. The minimum atomic E-state index is -0.203. The minimum absolute atomic E-state index is 0.203. The van der Waals surface area contributed by atoms with Gasteiger partial charge in [-0.15, -0.1) is 0 Å². The molecular weight excluding hydrogens is 327 g/mol. The molecule has 0 aliphatic carbocycles. The van der Waals surface area contributed by atoms with Gasteiger partial charge in [-0.1, -0.05) is 18.2 Å². The van der Waals surface area contributed by atoms with Crippen molar-refractivity contribution in [3.63, 3.8) is 0 Å². The lowest BCUT2D eigenvalue weighted by atomic mass is 10.2. The van der Waals surface area contributed by atoms with E-state index in [9.17, 15) is 4.39 Å². The van der Waals surface area contributed by atoms with Gasteiger partial charge >= 0.3 is 0 Å². The van der Waals surface area contributed by atoms with E-state index in [1.807, 2.05) is 18.2 Å². The first kappa shape index (κ1) is 18.9. The number of hydrogen-bond donors (Lipinski definition) is 1. The Bertz CT molecular complexity index is 674. The minimum Gasteiger partial charge on any atom is -0.493 e. The average molecular weight is 355 g/mol. The predicted octanol–water partition coefficient (Wildman–Crippen LogP) is 4.17. The van der Waals surface area contributed by atoms with Crippen LogP contribution in [0.5, 0.6) is 5.75 Å². The smallest absolute Gasteiger partial charge is 0.123 e. The van der Waals surface area contributed by atoms with Gasteiger partial charge in [0, 0.05) is 31.2 Å². The van der Waals surface area contributed by atoms with Crippen LogP contribution in [-0.4, -0.2) is 30.6 Å². The second-order valence-corrected chi connectivity index (χ2v) is 6.99. The second-order valence-electron chi connectivity index (χ2n) is 6.99. The van der Waals surface area contributed by atoms with Crippen molar-refractivity contribution >= 4 is 0 Å². The number of hydrogen-bond acceptors (Lipinski definition) is 3. The fraction of sp³-hybridized carbons (Fsp3) is 0.455. The molecule has 0 amide bonds. The lowest BCUT2D eigenvalue weighted by Crippen LogP contribution is -2.28. The van der Waals surface area contributed by atoms with Gasteiger partial charge in [-0.2, -0.15) is 0 Å². The zero-order chi connectivity index (χ0) is 18.2. The van der Waals surface area contributed by atoms with Crippen LogP contribution in [0.4, 0.5) is 4.39 Å². The summed E-state index contributed by atoms with van der Waals surface area (Å²) in [6.45, 7) is 6.77. The molecule has 3 nitrogen and oxygen atoms in total. The normalized spacial score (nSPS) is 17.5. The highest BCUT2D eigenvalue weighted by Crippen LogP contribution is 2.19. The third-order valence-electron chi connectivity index (χ3n) is 5.00. The van der Waals surface area contributed by atoms with Crippen molar-refractivity contribution in [3.8, 4) is 5.75 Å². The summed E-state index contributed by atoms with van der Waals surface area (Å²) in [5.74, 6) is 0.718. The van der Waals surface area contributed by atoms with Crippen molar-refractivity contribution in [2.45, 2.75) is 45.3 Å². The Kier molecular flexibility index (Phi) is 7.04. The van der Waals surface area contributed by atoms with Gasteiger partial charge in [0.05, 0.1) is 6.61 Å². The average Bonchev–Trinajstić information content (AvgIpc) is 3.06. The van der Waals surface area contributed by atoms with E-state index in [2.05, 4.69) is 23.2 Å². The lowest BCUT2D eigenvalue weighted by molar-refractivity contribution is 0.229. The van der Waals surface area contributed by atoms with Gasteiger partial charge in [0.25, 0.3) is 0 Å². The van der Waals surface area contributed by atoms with Gasteiger partial charge in [-0.3, -0.25) is 0 Å². The van der Waals surface area contributed by atoms with E-state index < -0.39 is 0 Å². The molecule has 1 unspecified atom stereocenters. The summed E-state index contributed by atoms with van der Waals surface area (Å²) in [6, 6.07) is 16.3. The first-order valence-corrected chi connectivity index (χ1v) is 9.53. The van der Waals surface area contributed by atoms with Crippen molar-refractivity contribution < 1.29 is 9.13 Å². The van der Waals surface area contributed by atoms with Gasteiger partial charge in [0.15, 0.2) is 0 Å². The Morgan fingerprint density at radius 2 is 2.08 bits per heavy atom. The topological polar surface area (TPSA) is 24.5 Å². The Morgan fingerprint density at radius 3 is 2.85 bits per heavy atom. The first-order chi connectivity index (χ1) is 12.7.